The van der Waals surface area contributed by atoms with Gasteiger partial charge < -0.3 is 5.32 Å². The van der Waals surface area contributed by atoms with Gasteiger partial charge in [0.2, 0.25) is 0 Å². The lowest BCUT2D eigenvalue weighted by atomic mass is 10.2. The van der Waals surface area contributed by atoms with E-state index in [1.807, 2.05) is 18.2 Å². The second-order valence-electron chi connectivity index (χ2n) is 3.62. The smallest absolute Gasteiger partial charge is 0.270 e. The van der Waals surface area contributed by atoms with Crippen molar-refractivity contribution < 1.29 is 4.79 Å². The van der Waals surface area contributed by atoms with Crippen molar-refractivity contribution in [3.8, 4) is 0 Å². The predicted octanol–water partition coefficient (Wildman–Crippen LogP) is 3.32. The Morgan fingerprint density at radius 1 is 1.11 bits per heavy atom. The van der Waals surface area contributed by atoms with Crippen molar-refractivity contribution in [1.82, 2.24) is 10.3 Å². The fourth-order valence-electron chi connectivity index (χ4n) is 1.44. The predicted molar refractivity (Wildman–Crippen MR) is 71.9 cm³/mol. The molecule has 1 amide bonds. The summed E-state index contributed by atoms with van der Waals surface area (Å²) in [5.41, 5.74) is 1.14. The largest absolute Gasteiger partial charge is 0.347 e. The van der Waals surface area contributed by atoms with E-state index in [2.05, 4.69) is 10.3 Å². The van der Waals surface area contributed by atoms with Crippen LogP contribution in [0.4, 0.5) is 0 Å². The van der Waals surface area contributed by atoms with Gasteiger partial charge in [0.15, 0.2) is 0 Å². The van der Waals surface area contributed by atoms with Crippen LogP contribution in [0.2, 0.25) is 10.2 Å². The number of pyridine rings is 1. The van der Waals surface area contributed by atoms with Crippen molar-refractivity contribution in [2.24, 2.45) is 0 Å². The van der Waals surface area contributed by atoms with Crippen molar-refractivity contribution >= 4 is 29.1 Å². The molecule has 1 heterocycles. The highest BCUT2D eigenvalue weighted by atomic mass is 35.5. The molecule has 1 N–H and O–H groups in total. The van der Waals surface area contributed by atoms with Gasteiger partial charge in [-0.25, -0.2) is 4.98 Å². The monoisotopic (exact) mass is 280 g/mol. The van der Waals surface area contributed by atoms with E-state index < -0.39 is 0 Å². The van der Waals surface area contributed by atoms with Crippen LogP contribution in [0.25, 0.3) is 0 Å². The molecule has 3 nitrogen and oxygen atoms in total. The number of carbonyl (C=O) groups excluding carboxylic acids is 1. The van der Waals surface area contributed by atoms with Crippen molar-refractivity contribution in [2.75, 3.05) is 0 Å². The Bertz CT molecular complexity index is 572. The molecule has 0 radical (unpaired) electrons. The van der Waals surface area contributed by atoms with Gasteiger partial charge in [-0.2, -0.15) is 0 Å². The number of aromatic nitrogens is 1. The summed E-state index contributed by atoms with van der Waals surface area (Å²) in [6, 6.07) is 12.2. The average molecular weight is 281 g/mol. The van der Waals surface area contributed by atoms with Crippen molar-refractivity contribution in [3.63, 3.8) is 0 Å². The van der Waals surface area contributed by atoms with E-state index in [-0.39, 0.29) is 11.6 Å². The van der Waals surface area contributed by atoms with E-state index in [4.69, 9.17) is 23.2 Å². The van der Waals surface area contributed by atoms with Gasteiger partial charge in [0.05, 0.1) is 0 Å². The van der Waals surface area contributed by atoms with Crippen molar-refractivity contribution in [1.29, 1.82) is 0 Å². The van der Waals surface area contributed by atoms with E-state index in [0.29, 0.717) is 16.7 Å². The lowest BCUT2D eigenvalue weighted by Crippen LogP contribution is -2.23. The fraction of sp³-hybridized carbons (Fsp3) is 0.0769. The zero-order chi connectivity index (χ0) is 13.0. The number of hydrogen-bond donors (Lipinski definition) is 1. The molecule has 5 heteroatoms. The number of benzene rings is 1. The Kier molecular flexibility index (Phi) is 4.18. The third-order valence-electron chi connectivity index (χ3n) is 2.34. The highest BCUT2D eigenvalue weighted by molar-refractivity contribution is 6.31. The summed E-state index contributed by atoms with van der Waals surface area (Å²) in [5, 5.41) is 3.65. The first-order valence-corrected chi connectivity index (χ1v) is 6.06. The minimum atomic E-state index is -0.280. The number of amides is 1. The molecule has 92 valence electrons. The van der Waals surface area contributed by atoms with Crippen molar-refractivity contribution in [3.05, 3.63) is 63.9 Å². The van der Waals surface area contributed by atoms with Gasteiger partial charge >= 0.3 is 0 Å². The zero-order valence-electron chi connectivity index (χ0n) is 9.36. The molecule has 0 aliphatic rings. The Hall–Kier alpha value is -1.58. The first kappa shape index (κ1) is 12.9. The number of halogens is 2. The molecule has 0 saturated carbocycles. The van der Waals surface area contributed by atoms with Crippen LogP contribution in [0.1, 0.15) is 16.1 Å². The molecule has 1 aromatic heterocycles. The van der Waals surface area contributed by atoms with Crippen LogP contribution in [-0.4, -0.2) is 10.9 Å². The topological polar surface area (TPSA) is 42.0 Å². The van der Waals surface area contributed by atoms with Gasteiger partial charge in [0, 0.05) is 11.6 Å². The highest BCUT2D eigenvalue weighted by Gasteiger charge is 2.08. The molecule has 0 atom stereocenters. The maximum Gasteiger partial charge on any atom is 0.270 e. The number of carbonyl (C=O) groups is 1. The summed E-state index contributed by atoms with van der Waals surface area (Å²) in [4.78, 5) is 15.7. The Labute approximate surface area is 115 Å². The lowest BCUT2D eigenvalue weighted by Gasteiger charge is -2.06. The SMILES string of the molecule is O=C(NCc1ccccc1Cl)c1cccc(Cl)n1. The fourth-order valence-corrected chi connectivity index (χ4v) is 1.81. The van der Waals surface area contributed by atoms with Crippen LogP contribution in [0.3, 0.4) is 0 Å². The van der Waals surface area contributed by atoms with Crippen LogP contribution in [0, 0.1) is 0 Å². The van der Waals surface area contributed by atoms with E-state index in [0.717, 1.165) is 5.56 Å². The Morgan fingerprint density at radius 2 is 1.89 bits per heavy atom. The molecular weight excluding hydrogens is 271 g/mol. The van der Waals surface area contributed by atoms with Crippen LogP contribution in [0.15, 0.2) is 42.5 Å². The van der Waals surface area contributed by atoms with E-state index in [9.17, 15) is 4.79 Å². The third kappa shape index (κ3) is 3.22. The minimum absolute atomic E-state index is 0.280. The van der Waals surface area contributed by atoms with Crippen LogP contribution >= 0.6 is 23.2 Å². The molecule has 0 saturated heterocycles. The molecule has 0 aliphatic carbocycles. The van der Waals surface area contributed by atoms with Crippen LogP contribution in [0.5, 0.6) is 0 Å². The summed E-state index contributed by atoms with van der Waals surface area (Å²) in [7, 11) is 0. The van der Waals surface area contributed by atoms with Gasteiger partial charge in [0.1, 0.15) is 10.8 Å². The summed E-state index contributed by atoms with van der Waals surface area (Å²) in [6.45, 7) is 0.354. The molecule has 18 heavy (non-hydrogen) atoms. The summed E-state index contributed by atoms with van der Waals surface area (Å²) in [6.07, 6.45) is 0. The number of hydrogen-bond acceptors (Lipinski definition) is 2. The van der Waals surface area contributed by atoms with Crippen molar-refractivity contribution in [2.45, 2.75) is 6.54 Å². The Morgan fingerprint density at radius 3 is 2.61 bits per heavy atom. The second kappa shape index (κ2) is 5.85. The summed E-state index contributed by atoms with van der Waals surface area (Å²) in [5.74, 6) is -0.280. The average Bonchev–Trinajstić information content (AvgIpc) is 2.37. The molecule has 0 aliphatic heterocycles. The molecule has 0 bridgehead atoms. The first-order valence-electron chi connectivity index (χ1n) is 5.31. The van der Waals surface area contributed by atoms with E-state index in [1.54, 1.807) is 24.3 Å². The molecule has 0 spiro atoms. The van der Waals surface area contributed by atoms with Gasteiger partial charge in [0.25, 0.3) is 5.91 Å². The van der Waals surface area contributed by atoms with E-state index in [1.165, 1.54) is 0 Å². The second-order valence-corrected chi connectivity index (χ2v) is 4.41. The first-order chi connectivity index (χ1) is 8.66. The zero-order valence-corrected chi connectivity index (χ0v) is 10.9. The molecule has 2 rings (SSSR count). The molecular formula is C13H10Cl2N2O. The van der Waals surface area contributed by atoms with Gasteiger partial charge in [-0.1, -0.05) is 47.5 Å². The number of nitrogens with one attached hydrogen (secondary N) is 1. The molecule has 0 fully saturated rings. The normalized spacial score (nSPS) is 10.1. The maximum atomic E-state index is 11.8. The van der Waals surface area contributed by atoms with Gasteiger partial charge in [-0.15, -0.1) is 0 Å². The van der Waals surface area contributed by atoms with Crippen LogP contribution < -0.4 is 5.32 Å². The standard InChI is InChI=1S/C13H10Cl2N2O/c14-10-5-2-1-4-9(10)8-16-13(18)11-6-3-7-12(15)17-11/h1-7H,8H2,(H,16,18). The molecule has 0 unspecified atom stereocenters. The molecule has 2 aromatic rings. The Balaban J connectivity index is 2.03. The quantitative estimate of drug-likeness (QED) is 0.877. The minimum Gasteiger partial charge on any atom is -0.347 e. The van der Waals surface area contributed by atoms with Gasteiger partial charge in [-0.3, -0.25) is 4.79 Å². The summed E-state index contributed by atoms with van der Waals surface area (Å²) < 4.78 is 0. The number of rotatable bonds is 3. The lowest BCUT2D eigenvalue weighted by molar-refractivity contribution is 0.0946. The highest BCUT2D eigenvalue weighted by Crippen LogP contribution is 2.14. The van der Waals surface area contributed by atoms with Gasteiger partial charge in [-0.05, 0) is 23.8 Å². The molecule has 1 aromatic carbocycles. The maximum absolute atomic E-state index is 11.8. The summed E-state index contributed by atoms with van der Waals surface area (Å²) >= 11 is 11.7. The van der Waals surface area contributed by atoms with Crippen LogP contribution in [-0.2, 0) is 6.54 Å². The third-order valence-corrected chi connectivity index (χ3v) is 2.92. The van der Waals surface area contributed by atoms with E-state index >= 15 is 0 Å². The number of nitrogens with zero attached hydrogens (tertiary/aromatic N) is 1.